The second-order valence-electron chi connectivity index (χ2n) is 10.1. The van der Waals surface area contributed by atoms with Gasteiger partial charge in [0.1, 0.15) is 5.54 Å². The zero-order valence-corrected chi connectivity index (χ0v) is 35.7. The molecule has 0 spiro atoms. The van der Waals surface area contributed by atoms with Gasteiger partial charge in [0, 0.05) is 79.3 Å². The van der Waals surface area contributed by atoms with Crippen molar-refractivity contribution in [3.63, 3.8) is 0 Å². The van der Waals surface area contributed by atoms with Gasteiger partial charge in [0.2, 0.25) is 0 Å². The van der Waals surface area contributed by atoms with Gasteiger partial charge in [-0.25, -0.2) is 0 Å². The van der Waals surface area contributed by atoms with Crippen LogP contribution in [0.3, 0.4) is 0 Å². The Morgan fingerprint density at radius 2 is 0.531 bits per heavy atom. The molecule has 0 amide bonds. The molecule has 0 aromatic heterocycles. The van der Waals surface area contributed by atoms with Gasteiger partial charge in [-0.1, -0.05) is 0 Å². The van der Waals surface area contributed by atoms with E-state index in [1.54, 1.807) is 83.1 Å². The molecule has 0 rings (SSSR count). The normalized spacial score (nSPS) is 14.9. The topological polar surface area (TPSA) is 212 Å². The lowest BCUT2D eigenvalue weighted by Crippen LogP contribution is -2.88. The second-order valence-corrected chi connectivity index (χ2v) is 22.5. The van der Waals surface area contributed by atoms with Gasteiger partial charge in [0.05, 0.1) is 0 Å². The Hall–Kier alpha value is 0.188. The Bertz CT molecular complexity index is 750. The van der Waals surface area contributed by atoms with E-state index in [9.17, 15) is 25.5 Å². The molecule has 0 saturated heterocycles. The van der Waals surface area contributed by atoms with Crippen molar-refractivity contribution in [2.45, 2.75) is 105 Å². The minimum Gasteiger partial charge on any atom is -0.373 e. The average Bonchev–Trinajstić information content (AvgIpc) is 3.00. The molecule has 0 aliphatic carbocycles. The Balaban J connectivity index is 10.3. The van der Waals surface area contributed by atoms with Gasteiger partial charge in [-0.3, -0.25) is 0 Å². The zero-order valence-electron chi connectivity index (χ0n) is 31.7. The summed E-state index contributed by atoms with van der Waals surface area (Å²) in [7, 11) is -20.0. The summed E-state index contributed by atoms with van der Waals surface area (Å²) in [6.07, 6.45) is 0. The van der Waals surface area contributed by atoms with Crippen LogP contribution in [-0.2, 0) is 53.1 Å². The highest BCUT2D eigenvalue weighted by Gasteiger charge is 2.98. The molecule has 0 aromatic rings. The summed E-state index contributed by atoms with van der Waals surface area (Å²) in [5, 5.41) is 58.0. The molecule has 0 aliphatic heterocycles. The third-order valence-electron chi connectivity index (χ3n) is 7.18. The summed E-state index contributed by atoms with van der Waals surface area (Å²) in [5.41, 5.74) is -2.43. The van der Waals surface area contributed by atoms with Crippen molar-refractivity contribution in [1.82, 2.24) is 0 Å². The molecular weight excluding hydrogens is 721 g/mol. The average molecular weight is 787 g/mol. The highest BCUT2D eigenvalue weighted by atomic mass is 28.5. The molecule has 49 heavy (non-hydrogen) atoms. The van der Waals surface area contributed by atoms with Gasteiger partial charge < -0.3 is 78.6 Å². The van der Waals surface area contributed by atoms with Crippen molar-refractivity contribution in [1.29, 1.82) is 0 Å². The molecule has 0 heterocycles. The zero-order chi connectivity index (χ0) is 38.0. The van der Waals surface area contributed by atoms with Crippen molar-refractivity contribution in [3.8, 4) is 0 Å². The van der Waals surface area contributed by atoms with Gasteiger partial charge in [-0.15, -0.1) is 0 Å². The van der Waals surface area contributed by atoms with Crippen LogP contribution in [0.4, 0.5) is 0 Å². The van der Waals surface area contributed by atoms with E-state index in [1.807, 2.05) is 0 Å². The van der Waals surface area contributed by atoms with Crippen LogP contribution in [0, 0.1) is 0 Å². The molecule has 0 aliphatic rings. The second kappa shape index (κ2) is 22.4. The van der Waals surface area contributed by atoms with Gasteiger partial charge in [0.15, 0.2) is 4.28 Å². The molecule has 1 atom stereocenters. The molecule has 0 fully saturated rings. The summed E-state index contributed by atoms with van der Waals surface area (Å²) in [4.78, 5) is 0. The summed E-state index contributed by atoms with van der Waals surface area (Å²) in [6.45, 7) is 18.3. The molecule has 5 N–H and O–H groups in total. The summed E-state index contributed by atoms with van der Waals surface area (Å²) in [6, 6.07) is 0. The Kier molecular flexibility index (Phi) is 22.5. The van der Waals surface area contributed by atoms with Gasteiger partial charge in [-0.05, 0) is 83.1 Å². The first-order chi connectivity index (χ1) is 23.1. The molecule has 0 radical (unpaired) electrons. The predicted octanol–water partition coefficient (Wildman–Crippen LogP) is 1.68. The van der Waals surface area contributed by atoms with Gasteiger partial charge in [0.25, 0.3) is 5.79 Å². The van der Waals surface area contributed by atoms with Crippen molar-refractivity contribution in [2.24, 2.45) is 0 Å². The molecule has 1 unspecified atom stereocenters. The van der Waals surface area contributed by atoms with E-state index in [0.717, 1.165) is 0 Å². The summed E-state index contributed by atoms with van der Waals surface area (Å²) >= 11 is 0. The molecular formula is C28H66O17Si4. The Labute approximate surface area is 297 Å². The quantitative estimate of drug-likeness (QED) is 0.0500. The fourth-order valence-corrected chi connectivity index (χ4v) is 28.8. The van der Waals surface area contributed by atoms with E-state index in [4.69, 9.17) is 53.1 Å². The minimum atomic E-state index is -5.00. The van der Waals surface area contributed by atoms with Crippen LogP contribution in [0.15, 0.2) is 0 Å². The highest BCUT2D eigenvalue weighted by Crippen LogP contribution is 2.70. The van der Waals surface area contributed by atoms with E-state index in [-0.39, 0.29) is 79.3 Å². The fraction of sp³-hybridized carbons (Fsp3) is 1.00. The number of rotatable bonds is 31. The maximum atomic E-state index is 12.4. The van der Waals surface area contributed by atoms with E-state index in [0.29, 0.717) is 0 Å². The van der Waals surface area contributed by atoms with Crippen LogP contribution < -0.4 is 0 Å². The third-order valence-corrected chi connectivity index (χ3v) is 27.0. The third kappa shape index (κ3) is 9.84. The fourth-order valence-electron chi connectivity index (χ4n) is 6.19. The largest absolute Gasteiger partial charge is 0.517 e. The molecule has 0 bridgehead atoms. The first kappa shape index (κ1) is 49.2. The van der Waals surface area contributed by atoms with E-state index < -0.39 is 56.8 Å². The maximum Gasteiger partial charge on any atom is 0.517 e. The lowest BCUT2D eigenvalue weighted by Gasteiger charge is -2.61. The van der Waals surface area contributed by atoms with Crippen molar-refractivity contribution >= 4 is 35.2 Å². The summed E-state index contributed by atoms with van der Waals surface area (Å²) in [5.74, 6) is -8.41. The van der Waals surface area contributed by atoms with Crippen molar-refractivity contribution < 1.29 is 78.6 Å². The predicted molar refractivity (Wildman–Crippen MR) is 186 cm³/mol. The van der Waals surface area contributed by atoms with Crippen LogP contribution in [0.25, 0.3) is 0 Å². The standard InChI is InChI=1S/C28H66O17Si4/c1-13-34-46(35-14-2,36-15-3)25(26(29,30)28(31,32)33)27(47(37-16-4,38-17-5)39-18-6,48(40-19-7,41-20-8)42-21-9)49(43-22-10,44-23-11)45-24-12/h25,29-33H,13-24H2,1-12H3. The summed E-state index contributed by atoms with van der Waals surface area (Å²) < 4.78 is 76.3. The van der Waals surface area contributed by atoms with Crippen LogP contribution >= 0.6 is 0 Å². The van der Waals surface area contributed by atoms with Crippen LogP contribution in [0.2, 0.25) is 9.83 Å². The SMILES string of the molecule is CCO[Si](OCC)(OCC)C(C(O)(O)C(O)(O)O)C([Si](OCC)(OCC)OCC)([Si](OCC)(OCC)OCC)[Si](OCC)(OCC)OCC. The molecule has 17 nitrogen and oxygen atoms in total. The number of aliphatic hydroxyl groups is 5. The molecule has 0 saturated carbocycles. The molecule has 296 valence electrons. The molecule has 0 aromatic carbocycles. The first-order valence-electron chi connectivity index (χ1n) is 17.4. The molecule has 21 heteroatoms. The van der Waals surface area contributed by atoms with Crippen LogP contribution in [0.1, 0.15) is 83.1 Å². The minimum absolute atomic E-state index is 0.108. The Morgan fingerprint density at radius 3 is 0.673 bits per heavy atom. The maximum absolute atomic E-state index is 12.4. The van der Waals surface area contributed by atoms with Gasteiger partial charge in [-0.2, -0.15) is 0 Å². The van der Waals surface area contributed by atoms with Crippen molar-refractivity contribution in [2.75, 3.05) is 79.3 Å². The lowest BCUT2D eigenvalue weighted by molar-refractivity contribution is -0.450. The van der Waals surface area contributed by atoms with Crippen LogP contribution in [-0.4, -0.2) is 152 Å². The number of hydrogen-bond acceptors (Lipinski definition) is 17. The highest BCUT2D eigenvalue weighted by molar-refractivity contribution is 7.04. The van der Waals surface area contributed by atoms with E-state index >= 15 is 0 Å². The monoisotopic (exact) mass is 786 g/mol. The lowest BCUT2D eigenvalue weighted by atomic mass is 10.1. The smallest absolute Gasteiger partial charge is 0.373 e. The number of hydrogen-bond donors (Lipinski definition) is 5. The van der Waals surface area contributed by atoms with E-state index in [2.05, 4.69) is 0 Å². The van der Waals surface area contributed by atoms with Crippen LogP contribution in [0.5, 0.6) is 0 Å². The van der Waals surface area contributed by atoms with Gasteiger partial charge >= 0.3 is 41.2 Å². The van der Waals surface area contributed by atoms with E-state index in [1.165, 1.54) is 0 Å². The van der Waals surface area contributed by atoms with Crippen molar-refractivity contribution in [3.05, 3.63) is 0 Å². The first-order valence-corrected chi connectivity index (χ1v) is 24.4. The Morgan fingerprint density at radius 1 is 0.347 bits per heavy atom.